The molecule has 1 aromatic heterocycles. The highest BCUT2D eigenvalue weighted by Crippen LogP contribution is 2.20. The molecule has 0 aliphatic carbocycles. The van der Waals surface area contributed by atoms with Gasteiger partial charge in [-0.25, -0.2) is 4.79 Å². The first-order valence-electron chi connectivity index (χ1n) is 9.03. The van der Waals surface area contributed by atoms with Gasteiger partial charge in [0.1, 0.15) is 0 Å². The zero-order valence-corrected chi connectivity index (χ0v) is 14.5. The quantitative estimate of drug-likeness (QED) is 0.904. The number of hydrogen-bond acceptors (Lipinski definition) is 2. The third-order valence-corrected chi connectivity index (χ3v) is 5.36. The first kappa shape index (κ1) is 16.4. The fourth-order valence-electron chi connectivity index (χ4n) is 3.83. The van der Waals surface area contributed by atoms with Crippen LogP contribution in [0.1, 0.15) is 38.3 Å². The van der Waals surface area contributed by atoms with Gasteiger partial charge in [-0.3, -0.25) is 4.90 Å². The second-order valence-corrected chi connectivity index (χ2v) is 7.13. The van der Waals surface area contributed by atoms with Gasteiger partial charge in [0.2, 0.25) is 0 Å². The molecule has 2 aliphatic heterocycles. The Kier molecular flexibility index (Phi) is 5.26. The van der Waals surface area contributed by atoms with Crippen molar-refractivity contribution in [3.05, 3.63) is 24.0 Å². The van der Waals surface area contributed by atoms with Crippen LogP contribution in [0.4, 0.5) is 4.79 Å². The highest BCUT2D eigenvalue weighted by Gasteiger charge is 2.31. The van der Waals surface area contributed by atoms with E-state index in [1.54, 1.807) is 0 Å². The molecule has 5 heteroatoms. The van der Waals surface area contributed by atoms with E-state index in [4.69, 9.17) is 0 Å². The van der Waals surface area contributed by atoms with Crippen LogP contribution in [0.3, 0.4) is 0 Å². The molecule has 1 aromatic rings. The summed E-state index contributed by atoms with van der Waals surface area (Å²) in [6.45, 7) is 6.34. The monoisotopic (exact) mass is 318 g/mol. The van der Waals surface area contributed by atoms with Crippen molar-refractivity contribution in [1.82, 2.24) is 19.7 Å². The normalized spacial score (nSPS) is 23.4. The molecule has 0 spiro atoms. The van der Waals surface area contributed by atoms with E-state index in [9.17, 15) is 4.79 Å². The van der Waals surface area contributed by atoms with Crippen molar-refractivity contribution in [2.75, 3.05) is 26.2 Å². The zero-order chi connectivity index (χ0) is 16.2. The van der Waals surface area contributed by atoms with Crippen molar-refractivity contribution < 1.29 is 4.79 Å². The van der Waals surface area contributed by atoms with Crippen molar-refractivity contribution in [2.24, 2.45) is 7.05 Å². The molecule has 3 rings (SSSR count). The summed E-state index contributed by atoms with van der Waals surface area (Å²) in [5.74, 6) is 0. The van der Waals surface area contributed by atoms with Gasteiger partial charge in [0.25, 0.3) is 0 Å². The van der Waals surface area contributed by atoms with Gasteiger partial charge in [-0.2, -0.15) is 0 Å². The van der Waals surface area contributed by atoms with E-state index in [1.165, 1.54) is 31.6 Å². The van der Waals surface area contributed by atoms with Crippen molar-refractivity contribution in [3.63, 3.8) is 0 Å². The van der Waals surface area contributed by atoms with Gasteiger partial charge >= 0.3 is 6.03 Å². The van der Waals surface area contributed by atoms with Gasteiger partial charge in [0.15, 0.2) is 0 Å². The summed E-state index contributed by atoms with van der Waals surface area (Å²) in [6, 6.07) is 5.13. The van der Waals surface area contributed by atoms with Gasteiger partial charge in [-0.05, 0) is 64.3 Å². The average molecular weight is 318 g/mol. The van der Waals surface area contributed by atoms with E-state index in [2.05, 4.69) is 47.1 Å². The molecule has 2 atom stereocenters. The van der Waals surface area contributed by atoms with Gasteiger partial charge in [0.05, 0.1) is 0 Å². The van der Waals surface area contributed by atoms with Gasteiger partial charge in [0, 0.05) is 44.1 Å². The number of urea groups is 1. The van der Waals surface area contributed by atoms with E-state index < -0.39 is 0 Å². The first-order chi connectivity index (χ1) is 11.1. The topological polar surface area (TPSA) is 40.5 Å². The first-order valence-corrected chi connectivity index (χ1v) is 9.03. The summed E-state index contributed by atoms with van der Waals surface area (Å²) >= 11 is 0. The minimum absolute atomic E-state index is 0.117. The average Bonchev–Trinajstić information content (AvgIpc) is 3.26. The molecule has 2 saturated heterocycles. The smallest absolute Gasteiger partial charge is 0.317 e. The van der Waals surface area contributed by atoms with E-state index in [1.807, 2.05) is 4.90 Å². The third kappa shape index (κ3) is 4.08. The summed E-state index contributed by atoms with van der Waals surface area (Å²) in [4.78, 5) is 17.0. The molecule has 5 nitrogen and oxygen atoms in total. The van der Waals surface area contributed by atoms with E-state index >= 15 is 0 Å². The summed E-state index contributed by atoms with van der Waals surface area (Å²) in [6.07, 6.45) is 7.82. The number of amides is 2. The van der Waals surface area contributed by atoms with Crippen molar-refractivity contribution in [2.45, 2.75) is 51.1 Å². The molecule has 0 saturated carbocycles. The van der Waals surface area contributed by atoms with Crippen LogP contribution in [0.5, 0.6) is 0 Å². The number of carbonyl (C=O) groups excluding carboxylic acids is 1. The number of rotatable bonds is 5. The highest BCUT2D eigenvalue weighted by molar-refractivity contribution is 5.74. The van der Waals surface area contributed by atoms with Gasteiger partial charge in [-0.15, -0.1) is 0 Å². The Labute approximate surface area is 139 Å². The van der Waals surface area contributed by atoms with Crippen molar-refractivity contribution in [1.29, 1.82) is 0 Å². The molecule has 2 amide bonds. The minimum atomic E-state index is 0.117. The number of nitrogens with one attached hydrogen (secondary N) is 1. The fourth-order valence-corrected chi connectivity index (χ4v) is 3.83. The molecule has 2 fully saturated rings. The number of carbonyl (C=O) groups is 1. The van der Waals surface area contributed by atoms with Crippen LogP contribution < -0.4 is 5.32 Å². The molecule has 3 heterocycles. The third-order valence-electron chi connectivity index (χ3n) is 5.36. The van der Waals surface area contributed by atoms with Crippen molar-refractivity contribution in [3.8, 4) is 0 Å². The Balaban J connectivity index is 1.41. The molecular formula is C18H30N4O. The van der Waals surface area contributed by atoms with Crippen LogP contribution in [0.2, 0.25) is 0 Å². The Hall–Kier alpha value is -1.49. The predicted octanol–water partition coefficient (Wildman–Crippen LogP) is 2.23. The molecule has 128 valence electrons. The molecule has 0 bridgehead atoms. The van der Waals surface area contributed by atoms with E-state index in [0.717, 1.165) is 32.4 Å². The second-order valence-electron chi connectivity index (χ2n) is 7.13. The molecule has 1 N–H and O–H groups in total. The molecule has 0 aromatic carbocycles. The highest BCUT2D eigenvalue weighted by atomic mass is 16.2. The zero-order valence-electron chi connectivity index (χ0n) is 14.5. The lowest BCUT2D eigenvalue weighted by molar-refractivity contribution is 0.195. The lowest BCUT2D eigenvalue weighted by Gasteiger charge is -2.24. The van der Waals surface area contributed by atoms with Crippen LogP contribution in [-0.4, -0.2) is 58.7 Å². The summed E-state index contributed by atoms with van der Waals surface area (Å²) in [5.41, 5.74) is 1.32. The number of hydrogen-bond donors (Lipinski definition) is 1. The summed E-state index contributed by atoms with van der Waals surface area (Å²) in [5, 5.41) is 3.17. The van der Waals surface area contributed by atoms with E-state index in [-0.39, 0.29) is 12.1 Å². The Bertz CT molecular complexity index is 521. The van der Waals surface area contributed by atoms with Crippen LogP contribution in [0.25, 0.3) is 0 Å². The van der Waals surface area contributed by atoms with Crippen LogP contribution in [-0.2, 0) is 13.5 Å². The predicted molar refractivity (Wildman–Crippen MR) is 92.5 cm³/mol. The van der Waals surface area contributed by atoms with Crippen LogP contribution in [0.15, 0.2) is 18.3 Å². The van der Waals surface area contributed by atoms with Gasteiger partial charge in [-0.1, -0.05) is 0 Å². The maximum absolute atomic E-state index is 12.4. The van der Waals surface area contributed by atoms with Crippen LogP contribution in [0, 0.1) is 0 Å². The number of likely N-dealkylation sites (tertiary alicyclic amines) is 2. The lowest BCUT2D eigenvalue weighted by Crippen LogP contribution is -2.44. The standard InChI is InChI=1S/C18H30N4O/c1-15(7-8-16-6-5-10-20(16)2)19-18(23)22-13-9-17(14-22)21-11-3-4-12-21/h5-6,10,15,17H,3-4,7-9,11-14H2,1-2H3,(H,19,23)/t15-,17+/m0/s1. The molecule has 0 radical (unpaired) electrons. The maximum Gasteiger partial charge on any atom is 0.317 e. The number of aromatic nitrogens is 1. The molecule has 0 unspecified atom stereocenters. The Morgan fingerprint density at radius 2 is 2.13 bits per heavy atom. The summed E-state index contributed by atoms with van der Waals surface area (Å²) < 4.78 is 2.15. The SMILES string of the molecule is C[C@@H](CCc1cccn1C)NC(=O)N1CC[C@@H](N2CCCC2)C1. The van der Waals surface area contributed by atoms with Gasteiger partial charge < -0.3 is 14.8 Å². The largest absolute Gasteiger partial charge is 0.354 e. The van der Waals surface area contributed by atoms with Crippen molar-refractivity contribution >= 4 is 6.03 Å². The lowest BCUT2D eigenvalue weighted by atomic mass is 10.1. The second kappa shape index (κ2) is 7.39. The molecule has 2 aliphatic rings. The molecule has 23 heavy (non-hydrogen) atoms. The maximum atomic E-state index is 12.4. The number of nitrogens with zero attached hydrogens (tertiary/aromatic N) is 3. The Morgan fingerprint density at radius 1 is 1.35 bits per heavy atom. The number of aryl methyl sites for hydroxylation is 2. The molecular weight excluding hydrogens is 288 g/mol. The van der Waals surface area contributed by atoms with E-state index in [0.29, 0.717) is 6.04 Å². The van der Waals surface area contributed by atoms with Crippen LogP contribution >= 0.6 is 0 Å². The minimum Gasteiger partial charge on any atom is -0.354 e. The fraction of sp³-hybridized carbons (Fsp3) is 0.722. The summed E-state index contributed by atoms with van der Waals surface area (Å²) in [7, 11) is 2.07. The Morgan fingerprint density at radius 3 is 2.83 bits per heavy atom.